The number of thioether (sulfide) groups is 1. The fourth-order valence-electron chi connectivity index (χ4n) is 3.19. The van der Waals surface area contributed by atoms with Crippen LogP contribution in [0.25, 0.3) is 0 Å². The maximum atomic E-state index is 12.4. The van der Waals surface area contributed by atoms with Crippen LogP contribution in [-0.4, -0.2) is 29.0 Å². The minimum Gasteiger partial charge on any atom is -0.467 e. The van der Waals surface area contributed by atoms with Crippen LogP contribution in [0, 0.1) is 0 Å². The van der Waals surface area contributed by atoms with E-state index in [9.17, 15) is 4.79 Å². The summed E-state index contributed by atoms with van der Waals surface area (Å²) >= 11 is 7.71. The summed E-state index contributed by atoms with van der Waals surface area (Å²) in [4.78, 5) is 23.6. The molecule has 0 radical (unpaired) electrons. The third kappa shape index (κ3) is 5.31. The van der Waals surface area contributed by atoms with Crippen molar-refractivity contribution < 1.29 is 9.21 Å². The lowest BCUT2D eigenvalue weighted by Crippen LogP contribution is -2.22. The first kappa shape index (κ1) is 19.8. The average Bonchev–Trinajstić information content (AvgIpc) is 3.44. The molecule has 3 aromatic rings. The van der Waals surface area contributed by atoms with Gasteiger partial charge in [0.1, 0.15) is 16.7 Å². The molecule has 1 saturated heterocycles. The van der Waals surface area contributed by atoms with Crippen molar-refractivity contribution >= 4 is 35.1 Å². The van der Waals surface area contributed by atoms with E-state index in [0.29, 0.717) is 28.2 Å². The van der Waals surface area contributed by atoms with Gasteiger partial charge in [-0.2, -0.15) is 0 Å². The molecule has 3 heterocycles. The fraction of sp³-hybridized carbons (Fsp3) is 0.286. The Hall–Kier alpha value is -2.51. The minimum absolute atomic E-state index is 0.136. The summed E-state index contributed by atoms with van der Waals surface area (Å²) in [5.41, 5.74) is 1.63. The number of carbonyl (C=O) groups excluding carboxylic acids is 1. The second-order valence-corrected chi connectivity index (χ2v) is 8.11. The van der Waals surface area contributed by atoms with E-state index in [1.807, 2.05) is 30.3 Å². The molecule has 6 nitrogen and oxygen atoms in total. The Balaban J connectivity index is 1.38. The van der Waals surface area contributed by atoms with Gasteiger partial charge in [0.25, 0.3) is 5.91 Å². The normalized spacial score (nSPS) is 13.6. The Morgan fingerprint density at radius 2 is 2.03 bits per heavy atom. The molecule has 1 aliphatic heterocycles. The number of hydrogen-bond donors (Lipinski definition) is 1. The van der Waals surface area contributed by atoms with E-state index < -0.39 is 0 Å². The summed E-state index contributed by atoms with van der Waals surface area (Å²) in [5, 5.41) is 3.96. The zero-order valence-electron chi connectivity index (χ0n) is 15.8. The fourth-order valence-corrected chi connectivity index (χ4v) is 4.22. The Bertz CT molecular complexity index is 975. The van der Waals surface area contributed by atoms with Crippen molar-refractivity contribution in [2.75, 3.05) is 18.0 Å². The number of amides is 1. The highest BCUT2D eigenvalue weighted by atomic mass is 35.5. The summed E-state index contributed by atoms with van der Waals surface area (Å²) in [7, 11) is 0. The second kappa shape index (κ2) is 9.33. The van der Waals surface area contributed by atoms with Crippen molar-refractivity contribution in [1.29, 1.82) is 0 Å². The van der Waals surface area contributed by atoms with Gasteiger partial charge in [0.2, 0.25) is 0 Å². The van der Waals surface area contributed by atoms with Crippen LogP contribution in [0.1, 0.15) is 34.5 Å². The van der Waals surface area contributed by atoms with Gasteiger partial charge in [-0.15, -0.1) is 0 Å². The zero-order valence-corrected chi connectivity index (χ0v) is 17.4. The van der Waals surface area contributed by atoms with Crippen LogP contribution >= 0.6 is 23.4 Å². The molecular formula is C21H21ClN4O2S. The van der Waals surface area contributed by atoms with Gasteiger partial charge in [-0.3, -0.25) is 4.79 Å². The largest absolute Gasteiger partial charge is 0.467 e. The van der Waals surface area contributed by atoms with E-state index in [1.165, 1.54) is 24.6 Å². The maximum Gasteiger partial charge on any atom is 0.251 e. The molecule has 1 N–H and O–H groups in total. The number of furan rings is 1. The number of halogens is 1. The predicted molar refractivity (Wildman–Crippen MR) is 114 cm³/mol. The average molecular weight is 429 g/mol. The van der Waals surface area contributed by atoms with Crippen LogP contribution in [-0.2, 0) is 12.3 Å². The van der Waals surface area contributed by atoms with Gasteiger partial charge in [0.15, 0.2) is 5.16 Å². The van der Waals surface area contributed by atoms with E-state index in [2.05, 4.69) is 20.2 Å². The third-order valence-electron chi connectivity index (χ3n) is 4.65. The molecule has 1 fully saturated rings. The molecule has 0 unspecified atom stereocenters. The Morgan fingerprint density at radius 3 is 2.83 bits per heavy atom. The summed E-state index contributed by atoms with van der Waals surface area (Å²) in [6.07, 6.45) is 3.95. The molecule has 0 saturated carbocycles. The first-order chi connectivity index (χ1) is 14.2. The second-order valence-electron chi connectivity index (χ2n) is 6.78. The number of nitrogens with zero attached hydrogens (tertiary/aromatic N) is 3. The van der Waals surface area contributed by atoms with Crippen LogP contribution in [0.2, 0.25) is 5.15 Å². The first-order valence-corrected chi connectivity index (χ1v) is 10.9. The van der Waals surface area contributed by atoms with Gasteiger partial charge < -0.3 is 14.6 Å². The summed E-state index contributed by atoms with van der Waals surface area (Å²) in [6.45, 7) is 2.37. The molecule has 0 bridgehead atoms. The number of hydrogen-bond acceptors (Lipinski definition) is 6. The lowest BCUT2D eigenvalue weighted by molar-refractivity contribution is 0.0948. The SMILES string of the molecule is O=C(NCc1ccco1)c1cccc(CSc2nc(Cl)cc(N3CCCC3)n2)c1. The quantitative estimate of drug-likeness (QED) is 0.338. The van der Waals surface area contributed by atoms with Crippen molar-refractivity contribution in [3.63, 3.8) is 0 Å². The van der Waals surface area contributed by atoms with Crippen molar-refractivity contribution in [3.05, 3.63) is 70.8 Å². The van der Waals surface area contributed by atoms with E-state index in [1.54, 1.807) is 18.4 Å². The molecule has 0 spiro atoms. The van der Waals surface area contributed by atoms with Crippen molar-refractivity contribution in [1.82, 2.24) is 15.3 Å². The van der Waals surface area contributed by atoms with E-state index in [4.69, 9.17) is 16.0 Å². The van der Waals surface area contributed by atoms with Crippen LogP contribution in [0.4, 0.5) is 5.82 Å². The van der Waals surface area contributed by atoms with E-state index >= 15 is 0 Å². The topological polar surface area (TPSA) is 71.3 Å². The summed E-state index contributed by atoms with van der Waals surface area (Å²) in [5.74, 6) is 2.12. The summed E-state index contributed by atoms with van der Waals surface area (Å²) in [6, 6.07) is 13.0. The molecule has 1 amide bonds. The minimum atomic E-state index is -0.136. The molecule has 4 rings (SSSR count). The van der Waals surface area contributed by atoms with Gasteiger partial charge in [0, 0.05) is 30.5 Å². The van der Waals surface area contributed by atoms with E-state index in [0.717, 1.165) is 30.2 Å². The number of benzene rings is 1. The maximum absolute atomic E-state index is 12.4. The van der Waals surface area contributed by atoms with Crippen molar-refractivity contribution in [2.45, 2.75) is 30.3 Å². The highest BCUT2D eigenvalue weighted by Gasteiger charge is 2.16. The van der Waals surface area contributed by atoms with Crippen molar-refractivity contribution in [2.24, 2.45) is 0 Å². The van der Waals surface area contributed by atoms with Gasteiger partial charge in [0.05, 0.1) is 12.8 Å². The molecule has 1 aromatic carbocycles. The van der Waals surface area contributed by atoms with Crippen molar-refractivity contribution in [3.8, 4) is 0 Å². The molecule has 150 valence electrons. The zero-order chi connectivity index (χ0) is 20.1. The number of carbonyl (C=O) groups is 1. The molecule has 1 aliphatic rings. The lowest BCUT2D eigenvalue weighted by Gasteiger charge is -2.16. The molecule has 29 heavy (non-hydrogen) atoms. The standard InChI is InChI=1S/C21H21ClN4O2S/c22-18-12-19(26-8-1-2-9-26)25-21(24-18)29-14-15-5-3-6-16(11-15)20(27)23-13-17-7-4-10-28-17/h3-7,10-12H,1-2,8-9,13-14H2,(H,23,27). The van der Waals surface area contributed by atoms with Crippen LogP contribution in [0.15, 0.2) is 58.3 Å². The number of aromatic nitrogens is 2. The monoisotopic (exact) mass is 428 g/mol. The first-order valence-electron chi connectivity index (χ1n) is 9.49. The Kier molecular flexibility index (Phi) is 6.36. The molecule has 8 heteroatoms. The summed E-state index contributed by atoms with van der Waals surface area (Å²) < 4.78 is 5.24. The van der Waals surface area contributed by atoms with Gasteiger partial charge in [-0.25, -0.2) is 9.97 Å². The van der Waals surface area contributed by atoms with Crippen LogP contribution in [0.3, 0.4) is 0 Å². The van der Waals surface area contributed by atoms with Gasteiger partial charge >= 0.3 is 0 Å². The molecular weight excluding hydrogens is 408 g/mol. The number of nitrogens with one attached hydrogen (secondary N) is 1. The highest BCUT2D eigenvalue weighted by molar-refractivity contribution is 7.98. The molecule has 0 aliphatic carbocycles. The smallest absolute Gasteiger partial charge is 0.251 e. The van der Waals surface area contributed by atoms with Gasteiger partial charge in [-0.05, 0) is 42.7 Å². The Labute approximate surface area is 178 Å². The highest BCUT2D eigenvalue weighted by Crippen LogP contribution is 2.26. The van der Waals surface area contributed by atoms with E-state index in [-0.39, 0.29) is 5.91 Å². The lowest BCUT2D eigenvalue weighted by atomic mass is 10.1. The number of anilines is 1. The molecule has 2 aromatic heterocycles. The van der Waals surface area contributed by atoms with Crippen LogP contribution in [0.5, 0.6) is 0 Å². The predicted octanol–water partition coefficient (Wildman–Crippen LogP) is 4.55. The third-order valence-corrected chi connectivity index (χ3v) is 5.76. The molecule has 0 atom stereocenters. The van der Waals surface area contributed by atoms with Gasteiger partial charge in [-0.1, -0.05) is 35.5 Å². The number of rotatable bonds is 7. The van der Waals surface area contributed by atoms with Crippen LogP contribution < -0.4 is 10.2 Å². The Morgan fingerprint density at radius 1 is 1.17 bits per heavy atom.